The van der Waals surface area contributed by atoms with Gasteiger partial charge in [0.2, 0.25) is 0 Å². The highest BCUT2D eigenvalue weighted by molar-refractivity contribution is 5.70. The van der Waals surface area contributed by atoms with Gasteiger partial charge in [0.25, 0.3) is 5.56 Å². The lowest BCUT2D eigenvalue weighted by Crippen LogP contribution is -2.42. The van der Waals surface area contributed by atoms with Gasteiger partial charge in [-0.15, -0.1) is 0 Å². The smallest absolute Gasteiger partial charge is 0.333 e. The predicted molar refractivity (Wildman–Crippen MR) is 125 cm³/mol. The Labute approximate surface area is 186 Å². The van der Waals surface area contributed by atoms with Crippen LogP contribution in [0, 0.1) is 12.8 Å². The van der Waals surface area contributed by atoms with Gasteiger partial charge in [0.1, 0.15) is 12.4 Å². The Morgan fingerprint density at radius 3 is 2.38 bits per heavy atom. The number of hydrogen-bond acceptors (Lipinski definition) is 4. The minimum atomic E-state index is -0.381. The van der Waals surface area contributed by atoms with Gasteiger partial charge in [-0.3, -0.25) is 13.9 Å². The molecule has 0 amide bonds. The van der Waals surface area contributed by atoms with Gasteiger partial charge < -0.3 is 9.30 Å². The van der Waals surface area contributed by atoms with Gasteiger partial charge in [0.05, 0.1) is 19.4 Å². The Hall–Kier alpha value is -3.61. The fourth-order valence-corrected chi connectivity index (χ4v) is 3.77. The van der Waals surface area contributed by atoms with Crippen molar-refractivity contribution in [1.82, 2.24) is 18.7 Å². The van der Waals surface area contributed by atoms with Crippen LogP contribution in [-0.2, 0) is 19.6 Å². The predicted octanol–water partition coefficient (Wildman–Crippen LogP) is 3.45. The number of fused-ring (bicyclic) bond motifs is 1. The van der Waals surface area contributed by atoms with Gasteiger partial charge in [-0.05, 0) is 30.5 Å². The van der Waals surface area contributed by atoms with Crippen LogP contribution in [0.1, 0.15) is 25.0 Å². The molecule has 2 aromatic heterocycles. The normalized spacial score (nSPS) is 11.4. The maximum atomic E-state index is 13.3. The zero-order chi connectivity index (χ0) is 22.7. The van der Waals surface area contributed by atoms with E-state index in [0.717, 1.165) is 11.1 Å². The van der Waals surface area contributed by atoms with Crippen molar-refractivity contribution in [2.24, 2.45) is 5.92 Å². The second-order valence-electron chi connectivity index (χ2n) is 8.44. The molecule has 7 heteroatoms. The summed E-state index contributed by atoms with van der Waals surface area (Å²) in [5.74, 6) is 1.04. The van der Waals surface area contributed by atoms with Crippen molar-refractivity contribution in [3.8, 4) is 5.75 Å². The van der Waals surface area contributed by atoms with Crippen molar-refractivity contribution in [1.29, 1.82) is 0 Å². The first-order chi connectivity index (χ1) is 15.4. The summed E-state index contributed by atoms with van der Waals surface area (Å²) in [6.45, 7) is 7.53. The first kappa shape index (κ1) is 21.6. The Bertz CT molecular complexity index is 1320. The third kappa shape index (κ3) is 4.51. The topological polar surface area (TPSA) is 71.1 Å². The molecular formula is C25H28N4O3. The lowest BCUT2D eigenvalue weighted by Gasteiger charge is -2.14. The van der Waals surface area contributed by atoms with E-state index in [0.29, 0.717) is 35.9 Å². The number of hydrogen-bond donors (Lipinski definition) is 0. The largest absolute Gasteiger partial charge is 0.492 e. The summed E-state index contributed by atoms with van der Waals surface area (Å²) < 4.78 is 10.5. The van der Waals surface area contributed by atoms with Gasteiger partial charge in [-0.25, -0.2) is 9.78 Å². The van der Waals surface area contributed by atoms with Gasteiger partial charge >= 0.3 is 5.69 Å². The van der Waals surface area contributed by atoms with E-state index in [1.807, 2.05) is 66.1 Å². The maximum Gasteiger partial charge on any atom is 0.333 e. The van der Waals surface area contributed by atoms with E-state index in [-0.39, 0.29) is 24.4 Å². The van der Waals surface area contributed by atoms with Crippen LogP contribution in [-0.4, -0.2) is 25.3 Å². The monoisotopic (exact) mass is 432 g/mol. The van der Waals surface area contributed by atoms with E-state index in [1.54, 1.807) is 10.9 Å². The molecule has 0 N–H and O–H groups in total. The van der Waals surface area contributed by atoms with Crippen LogP contribution in [0.4, 0.5) is 0 Å². The highest BCUT2D eigenvalue weighted by atomic mass is 16.5. The van der Waals surface area contributed by atoms with E-state index in [1.165, 1.54) is 4.57 Å². The van der Waals surface area contributed by atoms with Gasteiger partial charge in [-0.1, -0.05) is 61.9 Å². The average Bonchev–Trinajstić information content (AvgIpc) is 3.18. The lowest BCUT2D eigenvalue weighted by molar-refractivity contribution is 0.292. The van der Waals surface area contributed by atoms with E-state index in [9.17, 15) is 9.59 Å². The van der Waals surface area contributed by atoms with Crippen molar-refractivity contribution in [2.75, 3.05) is 6.61 Å². The summed E-state index contributed by atoms with van der Waals surface area (Å²) in [7, 11) is 0. The zero-order valence-electron chi connectivity index (χ0n) is 18.7. The quantitative estimate of drug-likeness (QED) is 0.428. The molecule has 4 rings (SSSR count). The number of imidazole rings is 1. The summed E-state index contributed by atoms with van der Waals surface area (Å²) >= 11 is 0. The number of aryl methyl sites for hydroxylation is 1. The van der Waals surface area contributed by atoms with Crippen molar-refractivity contribution < 1.29 is 4.74 Å². The van der Waals surface area contributed by atoms with Crippen LogP contribution in [0.25, 0.3) is 11.2 Å². The van der Waals surface area contributed by atoms with E-state index in [4.69, 9.17) is 4.74 Å². The first-order valence-corrected chi connectivity index (χ1v) is 10.9. The van der Waals surface area contributed by atoms with E-state index < -0.39 is 0 Å². The molecule has 0 fully saturated rings. The molecule has 0 aliphatic heterocycles. The van der Waals surface area contributed by atoms with Gasteiger partial charge in [-0.2, -0.15) is 0 Å². The molecule has 32 heavy (non-hydrogen) atoms. The standard InChI is InChI=1S/C25H28N4O3/c1-18(2)15-27-17-26-23-22(27)24(30)28(13-14-32-21-11-9-19(3)10-12-21)25(31)29(23)16-20-7-5-4-6-8-20/h4-12,17-18H,13-16H2,1-3H3. The van der Waals surface area contributed by atoms with Gasteiger partial charge in [0, 0.05) is 6.54 Å². The van der Waals surface area contributed by atoms with Crippen LogP contribution in [0.3, 0.4) is 0 Å². The molecule has 0 aliphatic rings. The third-order valence-electron chi connectivity index (χ3n) is 5.33. The van der Waals surface area contributed by atoms with Gasteiger partial charge in [0.15, 0.2) is 11.2 Å². The van der Waals surface area contributed by atoms with Crippen molar-refractivity contribution in [2.45, 2.75) is 40.4 Å². The summed E-state index contributed by atoms with van der Waals surface area (Å²) in [5, 5.41) is 0. The minimum absolute atomic E-state index is 0.156. The first-order valence-electron chi connectivity index (χ1n) is 10.9. The zero-order valence-corrected chi connectivity index (χ0v) is 18.7. The summed E-state index contributed by atoms with van der Waals surface area (Å²) in [5.41, 5.74) is 2.26. The van der Waals surface area contributed by atoms with Crippen LogP contribution in [0.2, 0.25) is 0 Å². The lowest BCUT2D eigenvalue weighted by atomic mass is 10.2. The van der Waals surface area contributed by atoms with Crippen molar-refractivity contribution in [3.63, 3.8) is 0 Å². The summed E-state index contributed by atoms with van der Waals surface area (Å²) in [6, 6.07) is 17.4. The molecule has 0 radical (unpaired) electrons. The Morgan fingerprint density at radius 2 is 1.69 bits per heavy atom. The summed E-state index contributed by atoms with van der Waals surface area (Å²) in [4.78, 5) is 31.1. The fourth-order valence-electron chi connectivity index (χ4n) is 3.77. The summed E-state index contributed by atoms with van der Waals surface area (Å²) in [6.07, 6.45) is 1.65. The molecule has 0 unspecified atom stereocenters. The molecule has 4 aromatic rings. The molecule has 0 aliphatic carbocycles. The molecule has 166 valence electrons. The molecular weight excluding hydrogens is 404 g/mol. The van der Waals surface area contributed by atoms with E-state index >= 15 is 0 Å². The molecule has 0 saturated carbocycles. The third-order valence-corrected chi connectivity index (χ3v) is 5.33. The van der Waals surface area contributed by atoms with Crippen LogP contribution < -0.4 is 16.0 Å². The van der Waals surface area contributed by atoms with Crippen molar-refractivity contribution >= 4 is 11.2 Å². The molecule has 0 saturated heterocycles. The fraction of sp³-hybridized carbons (Fsp3) is 0.320. The average molecular weight is 433 g/mol. The van der Waals surface area contributed by atoms with Crippen molar-refractivity contribution in [3.05, 3.63) is 92.9 Å². The number of ether oxygens (including phenoxy) is 1. The maximum absolute atomic E-state index is 13.3. The number of aromatic nitrogens is 4. The van der Waals surface area contributed by atoms with E-state index in [2.05, 4.69) is 18.8 Å². The Balaban J connectivity index is 1.74. The number of rotatable bonds is 8. The molecule has 2 aromatic carbocycles. The second-order valence-corrected chi connectivity index (χ2v) is 8.44. The molecule has 7 nitrogen and oxygen atoms in total. The van der Waals surface area contributed by atoms with Crippen LogP contribution >= 0.6 is 0 Å². The second kappa shape index (κ2) is 9.26. The SMILES string of the molecule is Cc1ccc(OCCn2c(=O)c3c(ncn3CC(C)C)n(Cc3ccccc3)c2=O)cc1. The number of nitrogens with zero attached hydrogens (tertiary/aromatic N) is 4. The Kier molecular flexibility index (Phi) is 6.25. The molecule has 0 spiro atoms. The molecule has 0 atom stereocenters. The highest BCUT2D eigenvalue weighted by Gasteiger charge is 2.18. The molecule has 2 heterocycles. The number of benzene rings is 2. The van der Waals surface area contributed by atoms with Crippen LogP contribution in [0.15, 0.2) is 70.5 Å². The highest BCUT2D eigenvalue weighted by Crippen LogP contribution is 2.13. The minimum Gasteiger partial charge on any atom is -0.492 e. The Morgan fingerprint density at radius 1 is 0.969 bits per heavy atom. The van der Waals surface area contributed by atoms with Crippen LogP contribution in [0.5, 0.6) is 5.75 Å². The molecule has 0 bridgehead atoms.